The molecule has 2 aromatic heterocycles. The molecule has 1 unspecified atom stereocenters. The lowest BCUT2D eigenvalue weighted by Gasteiger charge is -2.38. The number of anilines is 1. The molecular weight excluding hydrogens is 982 g/mol. The van der Waals surface area contributed by atoms with Gasteiger partial charge in [0.1, 0.15) is 23.8 Å². The van der Waals surface area contributed by atoms with Gasteiger partial charge >= 0.3 is 6.18 Å². The molecule has 72 heavy (non-hydrogen) atoms. The molecule has 1 aliphatic rings. The maximum absolute atomic E-state index is 15.8. The van der Waals surface area contributed by atoms with Gasteiger partial charge in [0, 0.05) is 34.8 Å². The van der Waals surface area contributed by atoms with Crippen molar-refractivity contribution in [1.29, 1.82) is 15.8 Å². The van der Waals surface area contributed by atoms with E-state index in [1.807, 2.05) is 48.5 Å². The fourth-order valence-corrected chi connectivity index (χ4v) is 12.0. The Bertz CT molecular complexity index is 2910. The Hall–Kier alpha value is -5.71. The molecule has 378 valence electrons. The summed E-state index contributed by atoms with van der Waals surface area (Å²) in [6.07, 6.45) is 3.46. The molecule has 0 amide bonds. The first-order valence-corrected chi connectivity index (χ1v) is 31.7. The lowest BCUT2D eigenvalue weighted by atomic mass is 9.83. The monoisotopic (exact) mass is 1050 g/mol. The standard InChI is InChI=1S/C57H65F3N4O4S2Si2/c1-12-13-33-65-52-49(30-21-40-19-26-45(27-20-40)64(31-34-66-71(8,9)54(2,3)4)32-35-67-72(10,11)55(5,6)7)70-50-36-46(69-53(50)52)28-29-48-47(39-63)51(43(37-61)38-62)68-56(48,57(58,59)60)44-24-22-42(23-25-44)41-17-15-14-16-18-41/h14-30,36H,12-13,31-35H2,1-11H3/b29-28+,30-21+. The minimum atomic E-state index is -5.13. The van der Waals surface area contributed by atoms with Crippen molar-refractivity contribution in [3.63, 3.8) is 0 Å². The van der Waals surface area contributed by atoms with Gasteiger partial charge in [0.05, 0.1) is 34.1 Å². The molecule has 3 heterocycles. The van der Waals surface area contributed by atoms with Crippen LogP contribution in [0.5, 0.6) is 5.75 Å². The molecule has 1 aliphatic heterocycles. The highest BCUT2D eigenvalue weighted by Gasteiger charge is 2.65. The van der Waals surface area contributed by atoms with Crippen molar-refractivity contribution in [1.82, 2.24) is 0 Å². The molecule has 0 N–H and O–H groups in total. The number of nitriles is 3. The van der Waals surface area contributed by atoms with Crippen molar-refractivity contribution in [2.45, 2.75) is 109 Å². The summed E-state index contributed by atoms with van der Waals surface area (Å²) in [7, 11) is -3.88. The van der Waals surface area contributed by atoms with Gasteiger partial charge < -0.3 is 23.2 Å². The van der Waals surface area contributed by atoms with Crippen LogP contribution >= 0.6 is 22.7 Å². The third kappa shape index (κ3) is 12.2. The predicted octanol–water partition coefficient (Wildman–Crippen LogP) is 16.5. The number of thiophene rings is 2. The van der Waals surface area contributed by atoms with Gasteiger partial charge in [-0.2, -0.15) is 29.0 Å². The maximum atomic E-state index is 15.8. The second-order valence-corrected chi connectivity index (χ2v) is 32.6. The number of benzene rings is 3. The first-order valence-electron chi connectivity index (χ1n) is 24.2. The summed E-state index contributed by atoms with van der Waals surface area (Å²) in [4.78, 5) is 3.86. The van der Waals surface area contributed by atoms with Gasteiger partial charge in [-0.1, -0.05) is 134 Å². The van der Waals surface area contributed by atoms with Crippen LogP contribution in [0, 0.1) is 34.0 Å². The molecule has 0 saturated carbocycles. The normalized spacial score (nSPS) is 15.8. The third-order valence-corrected chi connectivity index (χ3v) is 25.4. The van der Waals surface area contributed by atoms with E-state index in [1.54, 1.807) is 24.3 Å². The van der Waals surface area contributed by atoms with Crippen LogP contribution in [-0.4, -0.2) is 55.7 Å². The third-order valence-electron chi connectivity index (χ3n) is 14.0. The SMILES string of the molecule is CCCCOc1c(/C=C/c2ccc(N(CCO[Si](C)(C)C(C)(C)C)CCO[Si](C)(C)C(C)(C)C)cc2)sc2cc(/C=C/C3=C(C#N)C(=C(C#N)C#N)OC3(c3ccc(-c4ccccc4)cc3)C(F)(F)F)sc12. The molecular formula is C57H65F3N4O4S2Si2. The van der Waals surface area contributed by atoms with Crippen molar-refractivity contribution in [2.75, 3.05) is 37.8 Å². The largest absolute Gasteiger partial charge is 0.491 e. The quantitative estimate of drug-likeness (QED) is 0.0457. The highest BCUT2D eigenvalue weighted by molar-refractivity contribution is 7.29. The number of halogens is 3. The van der Waals surface area contributed by atoms with E-state index in [4.69, 9.17) is 18.3 Å². The molecule has 0 aliphatic carbocycles. The van der Waals surface area contributed by atoms with Gasteiger partial charge in [-0.3, -0.25) is 0 Å². The maximum Gasteiger partial charge on any atom is 0.437 e. The topological polar surface area (TPSA) is 112 Å². The van der Waals surface area contributed by atoms with Crippen molar-refractivity contribution in [3.05, 3.63) is 134 Å². The number of hydrogen-bond acceptors (Lipinski definition) is 10. The van der Waals surface area contributed by atoms with Crippen LogP contribution in [-0.2, 0) is 19.2 Å². The van der Waals surface area contributed by atoms with Gasteiger partial charge in [0.2, 0.25) is 0 Å². The number of nitrogens with zero attached hydrogens (tertiary/aromatic N) is 4. The van der Waals surface area contributed by atoms with Crippen molar-refractivity contribution >= 4 is 72.6 Å². The zero-order valence-electron chi connectivity index (χ0n) is 43.2. The van der Waals surface area contributed by atoms with Crippen LogP contribution in [0.2, 0.25) is 36.3 Å². The zero-order valence-corrected chi connectivity index (χ0v) is 46.8. The predicted molar refractivity (Wildman–Crippen MR) is 295 cm³/mol. The Balaban J connectivity index is 1.31. The van der Waals surface area contributed by atoms with Crippen LogP contribution in [0.4, 0.5) is 18.9 Å². The van der Waals surface area contributed by atoms with Crippen LogP contribution in [0.25, 0.3) is 38.8 Å². The second kappa shape index (κ2) is 22.6. The van der Waals surface area contributed by atoms with E-state index in [2.05, 4.69) is 110 Å². The van der Waals surface area contributed by atoms with Gasteiger partial charge in [0.25, 0.3) is 5.60 Å². The average molecular weight is 1050 g/mol. The summed E-state index contributed by atoms with van der Waals surface area (Å²) < 4.78 is 74.4. The van der Waals surface area contributed by atoms with Crippen LogP contribution in [0.3, 0.4) is 0 Å². The Morgan fingerprint density at radius 2 is 1.32 bits per heavy atom. The minimum absolute atomic E-state index is 0.111. The molecule has 0 spiro atoms. The van der Waals surface area contributed by atoms with E-state index in [1.165, 1.54) is 47.0 Å². The summed E-state index contributed by atoms with van der Waals surface area (Å²) in [5.74, 6) is -0.0232. The molecule has 1 atom stereocenters. The lowest BCUT2D eigenvalue weighted by Crippen LogP contribution is -2.44. The molecule has 0 bridgehead atoms. The van der Waals surface area contributed by atoms with Crippen LogP contribution in [0.1, 0.15) is 82.2 Å². The fourth-order valence-electron chi connectivity index (χ4n) is 7.60. The first-order chi connectivity index (χ1) is 33.9. The molecule has 0 saturated heterocycles. The smallest absolute Gasteiger partial charge is 0.437 e. The van der Waals surface area contributed by atoms with E-state index in [0.717, 1.165) is 57.0 Å². The van der Waals surface area contributed by atoms with E-state index in [-0.39, 0.29) is 15.6 Å². The number of fused-ring (bicyclic) bond motifs is 1. The Kier molecular flexibility index (Phi) is 17.5. The number of unbranched alkanes of at least 4 members (excludes halogenated alkanes) is 1. The van der Waals surface area contributed by atoms with Crippen molar-refractivity contribution in [2.24, 2.45) is 0 Å². The van der Waals surface area contributed by atoms with Crippen molar-refractivity contribution in [3.8, 4) is 35.1 Å². The number of allylic oxidation sites excluding steroid dienone is 2. The van der Waals surface area contributed by atoms with Gasteiger partial charge in [-0.15, -0.1) is 22.7 Å². The number of rotatable bonds is 19. The van der Waals surface area contributed by atoms with Gasteiger partial charge in [0.15, 0.2) is 33.7 Å². The Morgan fingerprint density at radius 1 is 0.736 bits per heavy atom. The van der Waals surface area contributed by atoms with Crippen molar-refractivity contribution < 1.29 is 31.5 Å². The summed E-state index contributed by atoms with van der Waals surface area (Å²) in [6.45, 7) is 27.9. The fraction of sp³-hybridized carbons (Fsp3) is 0.386. The lowest BCUT2D eigenvalue weighted by molar-refractivity contribution is -0.249. The zero-order chi connectivity index (χ0) is 52.7. The van der Waals surface area contributed by atoms with Gasteiger partial charge in [-0.05, 0) is 89.7 Å². The number of hydrogen-bond donors (Lipinski definition) is 0. The highest BCUT2D eigenvalue weighted by Crippen LogP contribution is 2.56. The van der Waals surface area contributed by atoms with E-state index < -0.39 is 50.9 Å². The van der Waals surface area contributed by atoms with E-state index >= 15 is 13.2 Å². The minimum Gasteiger partial charge on any atom is -0.491 e. The highest BCUT2D eigenvalue weighted by atomic mass is 32.1. The molecule has 3 aromatic carbocycles. The Labute approximate surface area is 434 Å². The Morgan fingerprint density at radius 3 is 1.85 bits per heavy atom. The van der Waals surface area contributed by atoms with Crippen LogP contribution < -0.4 is 9.64 Å². The summed E-state index contributed by atoms with van der Waals surface area (Å²) >= 11 is 2.87. The molecule has 6 rings (SSSR count). The summed E-state index contributed by atoms with van der Waals surface area (Å²) in [5.41, 5.74) is -1.77. The average Bonchev–Trinajstić information content (AvgIpc) is 3.99. The number of ether oxygens (including phenoxy) is 2. The summed E-state index contributed by atoms with van der Waals surface area (Å²) in [5, 5.41) is 30.2. The molecule has 0 fully saturated rings. The van der Waals surface area contributed by atoms with E-state index in [9.17, 15) is 15.8 Å². The summed E-state index contributed by atoms with van der Waals surface area (Å²) in [6, 6.07) is 30.3. The molecule has 0 radical (unpaired) electrons. The second-order valence-electron chi connectivity index (χ2n) is 20.9. The number of alkyl halides is 3. The molecule has 15 heteroatoms. The van der Waals surface area contributed by atoms with Crippen LogP contribution in [0.15, 0.2) is 113 Å². The first kappa shape index (κ1) is 55.6. The van der Waals surface area contributed by atoms with E-state index in [0.29, 0.717) is 36.0 Å². The van der Waals surface area contributed by atoms with Gasteiger partial charge in [-0.25, -0.2) is 0 Å². The molecule has 5 aromatic rings. The molecule has 8 nitrogen and oxygen atoms in total.